The van der Waals surface area contributed by atoms with Crippen molar-refractivity contribution in [1.29, 1.82) is 0 Å². The monoisotopic (exact) mass is 353 g/mol. The highest BCUT2D eigenvalue weighted by atomic mass is 16.5. The molecule has 1 atom stereocenters. The predicted molar refractivity (Wildman–Crippen MR) is 101 cm³/mol. The van der Waals surface area contributed by atoms with Crippen molar-refractivity contribution in [3.8, 4) is 5.75 Å². The molecular weight excluding hydrogens is 330 g/mol. The smallest absolute Gasteiger partial charge is 0.328 e. The van der Waals surface area contributed by atoms with Crippen molar-refractivity contribution in [2.75, 3.05) is 13.7 Å². The van der Waals surface area contributed by atoms with Crippen LogP contribution < -0.4 is 10.1 Å². The largest absolute Gasteiger partial charge is 0.496 e. The van der Waals surface area contributed by atoms with Gasteiger partial charge in [0.1, 0.15) is 11.8 Å². The first-order valence-corrected chi connectivity index (χ1v) is 8.46. The van der Waals surface area contributed by atoms with Gasteiger partial charge in [0, 0.05) is 18.1 Å². The Balaban J connectivity index is 2.07. The molecular formula is C21H23NO4. The minimum absolute atomic E-state index is 0.261. The summed E-state index contributed by atoms with van der Waals surface area (Å²) in [5, 5.41) is 2.72. The highest BCUT2D eigenvalue weighted by molar-refractivity contribution is 5.95. The maximum atomic E-state index is 12.3. The summed E-state index contributed by atoms with van der Waals surface area (Å²) in [6, 6.07) is 16.1. The maximum Gasteiger partial charge on any atom is 0.328 e. The minimum Gasteiger partial charge on any atom is -0.496 e. The normalized spacial score (nSPS) is 11.8. The second-order valence-corrected chi connectivity index (χ2v) is 5.58. The van der Waals surface area contributed by atoms with Crippen LogP contribution in [0.2, 0.25) is 0 Å². The molecule has 1 amide bonds. The van der Waals surface area contributed by atoms with E-state index < -0.39 is 12.0 Å². The number of hydrogen-bond donors (Lipinski definition) is 1. The fourth-order valence-electron chi connectivity index (χ4n) is 2.48. The Labute approximate surface area is 153 Å². The number of para-hydroxylation sites is 1. The van der Waals surface area contributed by atoms with Gasteiger partial charge in [0.15, 0.2) is 0 Å². The summed E-state index contributed by atoms with van der Waals surface area (Å²) in [6.45, 7) is 2.00. The Kier molecular flexibility index (Phi) is 7.43. The number of amides is 1. The van der Waals surface area contributed by atoms with Crippen LogP contribution in [0.3, 0.4) is 0 Å². The molecule has 0 aliphatic rings. The molecule has 26 heavy (non-hydrogen) atoms. The molecule has 0 saturated heterocycles. The van der Waals surface area contributed by atoms with Crippen molar-refractivity contribution in [1.82, 2.24) is 5.32 Å². The fourth-order valence-corrected chi connectivity index (χ4v) is 2.48. The molecule has 0 spiro atoms. The number of ether oxygens (including phenoxy) is 2. The zero-order valence-electron chi connectivity index (χ0n) is 15.0. The van der Waals surface area contributed by atoms with Crippen molar-refractivity contribution in [2.24, 2.45) is 0 Å². The number of benzene rings is 2. The molecule has 136 valence electrons. The van der Waals surface area contributed by atoms with Gasteiger partial charge < -0.3 is 14.8 Å². The highest BCUT2D eigenvalue weighted by Gasteiger charge is 2.21. The molecule has 2 aromatic carbocycles. The Morgan fingerprint density at radius 2 is 1.77 bits per heavy atom. The summed E-state index contributed by atoms with van der Waals surface area (Å²) in [5.41, 5.74) is 1.72. The molecule has 0 radical (unpaired) electrons. The third-order valence-electron chi connectivity index (χ3n) is 3.72. The first-order valence-electron chi connectivity index (χ1n) is 8.46. The fraction of sp³-hybridized carbons (Fsp3) is 0.238. The van der Waals surface area contributed by atoms with E-state index in [0.29, 0.717) is 12.2 Å². The number of rotatable bonds is 8. The van der Waals surface area contributed by atoms with E-state index in [0.717, 1.165) is 11.1 Å². The van der Waals surface area contributed by atoms with Crippen LogP contribution >= 0.6 is 0 Å². The summed E-state index contributed by atoms with van der Waals surface area (Å²) >= 11 is 0. The average Bonchev–Trinajstić information content (AvgIpc) is 2.67. The molecule has 0 aromatic heterocycles. The molecule has 0 aliphatic heterocycles. The number of methoxy groups -OCH3 is 1. The molecule has 0 saturated carbocycles. The molecule has 0 heterocycles. The first kappa shape index (κ1) is 19.2. The Morgan fingerprint density at radius 1 is 1.08 bits per heavy atom. The highest BCUT2D eigenvalue weighted by Crippen LogP contribution is 2.18. The van der Waals surface area contributed by atoms with Crippen molar-refractivity contribution in [3.05, 3.63) is 71.8 Å². The standard InChI is InChI=1S/C21H23NO4/c1-3-26-21(24)18(15-16-9-5-4-6-10-16)22-20(23)14-13-17-11-7-8-12-19(17)25-2/h4-14,18H,3,15H2,1-2H3,(H,22,23)/b14-13+. The molecule has 2 aromatic rings. The number of nitrogens with one attached hydrogen (secondary N) is 1. The van der Waals surface area contributed by atoms with Crippen LogP contribution in [0, 0.1) is 0 Å². The number of esters is 1. The van der Waals surface area contributed by atoms with Gasteiger partial charge in [-0.05, 0) is 24.6 Å². The third-order valence-corrected chi connectivity index (χ3v) is 3.72. The van der Waals surface area contributed by atoms with E-state index in [1.165, 1.54) is 6.08 Å². The number of carbonyl (C=O) groups is 2. The van der Waals surface area contributed by atoms with Gasteiger partial charge in [-0.3, -0.25) is 4.79 Å². The van der Waals surface area contributed by atoms with Gasteiger partial charge in [0.2, 0.25) is 5.91 Å². The van der Waals surface area contributed by atoms with Gasteiger partial charge in [0.25, 0.3) is 0 Å². The van der Waals surface area contributed by atoms with E-state index in [-0.39, 0.29) is 12.5 Å². The lowest BCUT2D eigenvalue weighted by Crippen LogP contribution is -2.42. The van der Waals surface area contributed by atoms with Crippen LogP contribution in [0.15, 0.2) is 60.7 Å². The molecule has 5 heteroatoms. The van der Waals surface area contributed by atoms with E-state index in [1.54, 1.807) is 20.1 Å². The maximum absolute atomic E-state index is 12.3. The molecule has 0 bridgehead atoms. The molecule has 1 N–H and O–H groups in total. The Hall–Kier alpha value is -3.08. The van der Waals surface area contributed by atoms with Gasteiger partial charge in [-0.2, -0.15) is 0 Å². The molecule has 0 aliphatic carbocycles. The topological polar surface area (TPSA) is 64.6 Å². The van der Waals surface area contributed by atoms with Crippen LogP contribution in [-0.2, 0) is 20.7 Å². The zero-order valence-corrected chi connectivity index (χ0v) is 15.0. The zero-order chi connectivity index (χ0) is 18.8. The van der Waals surface area contributed by atoms with Gasteiger partial charge in [-0.15, -0.1) is 0 Å². The summed E-state index contributed by atoms with van der Waals surface area (Å²) in [5.74, 6) is -0.150. The SMILES string of the molecule is CCOC(=O)C(Cc1ccccc1)NC(=O)/C=C/c1ccccc1OC. The number of hydrogen-bond acceptors (Lipinski definition) is 4. The predicted octanol–water partition coefficient (Wildman–Crippen LogP) is 3.00. The van der Waals surface area contributed by atoms with Crippen LogP contribution in [0.5, 0.6) is 5.75 Å². The second-order valence-electron chi connectivity index (χ2n) is 5.58. The average molecular weight is 353 g/mol. The number of carbonyl (C=O) groups excluding carboxylic acids is 2. The Bertz CT molecular complexity index is 756. The van der Waals surface area contributed by atoms with Crippen LogP contribution in [-0.4, -0.2) is 31.6 Å². The van der Waals surface area contributed by atoms with Crippen molar-refractivity contribution in [2.45, 2.75) is 19.4 Å². The van der Waals surface area contributed by atoms with Crippen LogP contribution in [0.1, 0.15) is 18.1 Å². The minimum atomic E-state index is -0.743. The van der Waals surface area contributed by atoms with Crippen LogP contribution in [0.4, 0.5) is 0 Å². The van der Waals surface area contributed by atoms with Crippen molar-refractivity contribution < 1.29 is 19.1 Å². The third kappa shape index (κ3) is 5.77. The molecule has 1 unspecified atom stereocenters. The van der Waals surface area contributed by atoms with E-state index in [4.69, 9.17) is 9.47 Å². The summed E-state index contributed by atoms with van der Waals surface area (Å²) in [7, 11) is 1.57. The van der Waals surface area contributed by atoms with Crippen molar-refractivity contribution >= 4 is 18.0 Å². The van der Waals surface area contributed by atoms with E-state index >= 15 is 0 Å². The summed E-state index contributed by atoms with van der Waals surface area (Å²) in [6.07, 6.45) is 3.40. The van der Waals surface area contributed by atoms with Gasteiger partial charge >= 0.3 is 5.97 Å². The van der Waals surface area contributed by atoms with Gasteiger partial charge in [0.05, 0.1) is 13.7 Å². The summed E-state index contributed by atoms with van der Waals surface area (Å²) < 4.78 is 10.3. The molecule has 5 nitrogen and oxygen atoms in total. The second kappa shape index (κ2) is 10.0. The summed E-state index contributed by atoms with van der Waals surface area (Å²) in [4.78, 5) is 24.5. The van der Waals surface area contributed by atoms with E-state index in [1.807, 2.05) is 54.6 Å². The lowest BCUT2D eigenvalue weighted by molar-refractivity contribution is -0.146. The first-order chi connectivity index (χ1) is 12.6. The van der Waals surface area contributed by atoms with E-state index in [9.17, 15) is 9.59 Å². The van der Waals surface area contributed by atoms with E-state index in [2.05, 4.69) is 5.32 Å². The molecule has 2 rings (SSSR count). The molecule has 0 fully saturated rings. The quantitative estimate of drug-likeness (QED) is 0.585. The van der Waals surface area contributed by atoms with Gasteiger partial charge in [-0.25, -0.2) is 4.79 Å². The lowest BCUT2D eigenvalue weighted by Gasteiger charge is -2.16. The van der Waals surface area contributed by atoms with Crippen LogP contribution in [0.25, 0.3) is 6.08 Å². The lowest BCUT2D eigenvalue weighted by atomic mass is 10.1. The van der Waals surface area contributed by atoms with Gasteiger partial charge in [-0.1, -0.05) is 48.5 Å². The Morgan fingerprint density at radius 3 is 2.46 bits per heavy atom. The van der Waals surface area contributed by atoms with Crippen molar-refractivity contribution in [3.63, 3.8) is 0 Å².